The quantitative estimate of drug-likeness (QED) is 0.252. The maximum Gasteiger partial charge on any atom is 0.273 e. The molecule has 0 heterocycles. The zero-order chi connectivity index (χ0) is 30.3. The van der Waals surface area contributed by atoms with Crippen LogP contribution in [0.1, 0.15) is 18.1 Å². The number of nitrogens with one attached hydrogen (secondary N) is 1. The molecule has 0 aliphatic carbocycles. The molecule has 13 heteroatoms. The summed E-state index contributed by atoms with van der Waals surface area (Å²) < 4.78 is 39.1. The van der Waals surface area contributed by atoms with Gasteiger partial charge >= 0.3 is 0 Å². The molecule has 0 saturated heterocycles. The Morgan fingerprint density at radius 3 is 2.05 bits per heavy atom. The van der Waals surface area contributed by atoms with Gasteiger partial charge in [0.1, 0.15) is 24.1 Å². The molecular formula is C28H32N4O8S. The highest BCUT2D eigenvalue weighted by Gasteiger charge is 2.33. The molecule has 1 N–H and O–H groups in total. The Hall–Kier alpha value is -4.65. The van der Waals surface area contributed by atoms with Crippen molar-refractivity contribution in [3.05, 3.63) is 88.0 Å². The van der Waals surface area contributed by atoms with Crippen LogP contribution >= 0.6 is 0 Å². The van der Waals surface area contributed by atoms with Gasteiger partial charge in [0.25, 0.3) is 15.7 Å². The molecule has 0 aromatic heterocycles. The number of carbonyl (C=O) groups excluding carboxylic acids is 2. The van der Waals surface area contributed by atoms with Crippen molar-refractivity contribution in [3.8, 4) is 11.5 Å². The Bertz CT molecular complexity index is 1510. The minimum absolute atomic E-state index is 0.00389. The summed E-state index contributed by atoms with van der Waals surface area (Å²) in [6.45, 7) is 2.35. The molecule has 12 nitrogen and oxygen atoms in total. The Morgan fingerprint density at radius 1 is 0.976 bits per heavy atom. The summed E-state index contributed by atoms with van der Waals surface area (Å²) in [6.07, 6.45) is 0. The number of nitro groups is 1. The van der Waals surface area contributed by atoms with Gasteiger partial charge in [-0.2, -0.15) is 0 Å². The lowest BCUT2D eigenvalue weighted by Crippen LogP contribution is -2.50. The van der Waals surface area contributed by atoms with Crippen molar-refractivity contribution in [3.63, 3.8) is 0 Å². The van der Waals surface area contributed by atoms with E-state index in [-0.39, 0.29) is 28.4 Å². The van der Waals surface area contributed by atoms with Crippen LogP contribution in [0, 0.1) is 17.0 Å². The van der Waals surface area contributed by atoms with Gasteiger partial charge in [0, 0.05) is 25.2 Å². The Labute approximate surface area is 238 Å². The summed E-state index contributed by atoms with van der Waals surface area (Å²) in [7, 11) is -0.0699. The smallest absolute Gasteiger partial charge is 0.273 e. The molecular weight excluding hydrogens is 552 g/mol. The highest BCUT2D eigenvalue weighted by atomic mass is 32.2. The van der Waals surface area contributed by atoms with E-state index < -0.39 is 39.3 Å². The van der Waals surface area contributed by atoms with E-state index in [9.17, 15) is 28.1 Å². The monoisotopic (exact) mass is 584 g/mol. The van der Waals surface area contributed by atoms with Crippen molar-refractivity contribution < 1.29 is 32.4 Å². The fourth-order valence-electron chi connectivity index (χ4n) is 4.07. The molecule has 0 fully saturated rings. The molecule has 1 atom stereocenters. The Balaban J connectivity index is 2.08. The second-order valence-corrected chi connectivity index (χ2v) is 10.9. The van der Waals surface area contributed by atoms with Crippen molar-refractivity contribution in [2.75, 3.05) is 32.1 Å². The molecule has 3 rings (SSSR count). The summed E-state index contributed by atoms with van der Waals surface area (Å²) >= 11 is 0. The van der Waals surface area contributed by atoms with Crippen LogP contribution in [0.4, 0.5) is 11.4 Å². The van der Waals surface area contributed by atoms with Crippen LogP contribution in [0.15, 0.2) is 71.6 Å². The van der Waals surface area contributed by atoms with E-state index in [1.807, 2.05) is 0 Å². The number of carbonyl (C=O) groups is 2. The van der Waals surface area contributed by atoms with Gasteiger partial charge in [-0.1, -0.05) is 18.2 Å². The molecule has 218 valence electrons. The van der Waals surface area contributed by atoms with Crippen LogP contribution in [0.3, 0.4) is 0 Å². The molecule has 0 unspecified atom stereocenters. The van der Waals surface area contributed by atoms with Gasteiger partial charge in [-0.3, -0.25) is 24.0 Å². The Kier molecular flexibility index (Phi) is 9.90. The normalized spacial score (nSPS) is 11.7. The third-order valence-electron chi connectivity index (χ3n) is 6.53. The molecule has 0 bridgehead atoms. The first-order valence-electron chi connectivity index (χ1n) is 12.5. The third-order valence-corrected chi connectivity index (χ3v) is 8.30. The average molecular weight is 585 g/mol. The van der Waals surface area contributed by atoms with Gasteiger partial charge in [0.2, 0.25) is 11.8 Å². The lowest BCUT2D eigenvalue weighted by Gasteiger charge is -2.31. The fraction of sp³-hybridized carbons (Fsp3) is 0.286. The largest absolute Gasteiger partial charge is 0.497 e. The van der Waals surface area contributed by atoms with Crippen molar-refractivity contribution in [1.29, 1.82) is 0 Å². The summed E-state index contributed by atoms with van der Waals surface area (Å²) in [5.74, 6) is -0.0505. The van der Waals surface area contributed by atoms with E-state index >= 15 is 0 Å². The average Bonchev–Trinajstić information content (AvgIpc) is 2.98. The molecule has 3 aromatic rings. The topological polar surface area (TPSA) is 148 Å². The first-order chi connectivity index (χ1) is 19.4. The van der Waals surface area contributed by atoms with Crippen LogP contribution in [0.5, 0.6) is 11.5 Å². The van der Waals surface area contributed by atoms with Crippen LogP contribution in [0.25, 0.3) is 0 Å². The maximum absolute atomic E-state index is 13.9. The van der Waals surface area contributed by atoms with Crippen molar-refractivity contribution in [2.45, 2.75) is 31.3 Å². The SMILES string of the molecule is CNC(=O)[C@H](C)N(Cc1ccc(OC)cc1)C(=O)CN(c1ccc(OC)cc1)S(=O)(=O)c1ccc(C)c([N+](=O)[O-])c1. The van der Waals surface area contributed by atoms with Crippen LogP contribution < -0.4 is 19.1 Å². The number of benzene rings is 3. The molecule has 0 aliphatic heterocycles. The predicted octanol–water partition coefficient (Wildman–Crippen LogP) is 3.28. The zero-order valence-electron chi connectivity index (χ0n) is 23.4. The summed E-state index contributed by atoms with van der Waals surface area (Å²) in [5, 5.41) is 14.1. The highest BCUT2D eigenvalue weighted by molar-refractivity contribution is 7.92. The molecule has 41 heavy (non-hydrogen) atoms. The lowest BCUT2D eigenvalue weighted by atomic mass is 10.1. The minimum Gasteiger partial charge on any atom is -0.497 e. The van der Waals surface area contributed by atoms with E-state index in [0.717, 1.165) is 10.4 Å². The number of sulfonamides is 1. The number of nitrogens with zero attached hydrogens (tertiary/aromatic N) is 3. The van der Waals surface area contributed by atoms with Gasteiger partial charge < -0.3 is 19.7 Å². The first kappa shape index (κ1) is 30.9. The second kappa shape index (κ2) is 13.1. The van der Waals surface area contributed by atoms with Crippen LogP contribution in [-0.2, 0) is 26.2 Å². The number of amides is 2. The van der Waals surface area contributed by atoms with E-state index in [1.165, 1.54) is 76.4 Å². The number of anilines is 1. The number of methoxy groups -OCH3 is 2. The second-order valence-electron chi connectivity index (χ2n) is 9.08. The number of nitro benzene ring substituents is 1. The summed E-state index contributed by atoms with van der Waals surface area (Å²) in [6, 6.07) is 15.5. The van der Waals surface area contributed by atoms with E-state index in [4.69, 9.17) is 9.47 Å². The fourth-order valence-corrected chi connectivity index (χ4v) is 5.50. The van der Waals surface area contributed by atoms with Gasteiger partial charge in [0.15, 0.2) is 0 Å². The van der Waals surface area contributed by atoms with E-state index in [1.54, 1.807) is 24.3 Å². The predicted molar refractivity (Wildman–Crippen MR) is 152 cm³/mol. The van der Waals surface area contributed by atoms with Gasteiger partial charge in [-0.05, 0) is 61.9 Å². The van der Waals surface area contributed by atoms with Crippen molar-refractivity contribution >= 4 is 33.2 Å². The maximum atomic E-state index is 13.9. The molecule has 2 amide bonds. The molecule has 0 aliphatic rings. The third kappa shape index (κ3) is 7.11. The van der Waals surface area contributed by atoms with Gasteiger partial charge in [-0.15, -0.1) is 0 Å². The number of aryl methyl sites for hydroxylation is 1. The molecule has 0 spiro atoms. The van der Waals surface area contributed by atoms with Gasteiger partial charge in [-0.25, -0.2) is 8.42 Å². The lowest BCUT2D eigenvalue weighted by molar-refractivity contribution is -0.385. The zero-order valence-corrected chi connectivity index (χ0v) is 24.2. The number of rotatable bonds is 12. The van der Waals surface area contributed by atoms with Crippen LogP contribution in [0.2, 0.25) is 0 Å². The Morgan fingerprint density at radius 2 is 1.54 bits per heavy atom. The van der Waals surface area contributed by atoms with E-state index in [0.29, 0.717) is 17.1 Å². The first-order valence-corrected chi connectivity index (χ1v) is 13.9. The number of ether oxygens (including phenoxy) is 2. The van der Waals surface area contributed by atoms with Gasteiger partial charge in [0.05, 0.1) is 29.7 Å². The number of hydrogen-bond acceptors (Lipinski definition) is 8. The molecule has 3 aromatic carbocycles. The highest BCUT2D eigenvalue weighted by Crippen LogP contribution is 2.29. The number of likely N-dealkylation sites (N-methyl/N-ethyl adjacent to an activating group) is 1. The minimum atomic E-state index is -4.48. The van der Waals surface area contributed by atoms with Crippen molar-refractivity contribution in [2.24, 2.45) is 0 Å². The van der Waals surface area contributed by atoms with E-state index in [2.05, 4.69) is 5.32 Å². The molecule has 0 radical (unpaired) electrons. The van der Waals surface area contributed by atoms with Crippen LogP contribution in [-0.4, -0.2) is 63.9 Å². The summed E-state index contributed by atoms with van der Waals surface area (Å²) in [4.78, 5) is 38.2. The summed E-state index contributed by atoms with van der Waals surface area (Å²) in [5.41, 5.74) is 0.717. The number of hydrogen-bond donors (Lipinski definition) is 1. The molecule has 0 saturated carbocycles. The standard InChI is InChI=1S/C28H32N4O8S/c1-19-6-15-25(16-26(19)32(35)36)41(37,38)31(22-9-13-24(40-5)14-10-22)18-27(33)30(20(2)28(34)29-3)17-21-7-11-23(39-4)12-8-21/h6-16,20H,17-18H2,1-5H3,(H,29,34)/t20-/m0/s1. The van der Waals surface area contributed by atoms with Crippen molar-refractivity contribution in [1.82, 2.24) is 10.2 Å².